The van der Waals surface area contributed by atoms with E-state index < -0.39 is 27.1 Å². The van der Waals surface area contributed by atoms with Crippen molar-refractivity contribution in [3.63, 3.8) is 0 Å². The first-order valence-electron chi connectivity index (χ1n) is 10.1. The highest BCUT2D eigenvalue weighted by Crippen LogP contribution is 2.31. The fourth-order valence-electron chi connectivity index (χ4n) is 3.43. The molecular formula is C21H19F3N4O4S. The van der Waals surface area contributed by atoms with Gasteiger partial charge in [0.05, 0.1) is 34.8 Å². The van der Waals surface area contributed by atoms with Crippen LogP contribution in [-0.4, -0.2) is 34.8 Å². The average molecular weight is 480 g/mol. The fraction of sp³-hybridized carbons (Fsp3) is 0.333. The van der Waals surface area contributed by atoms with Gasteiger partial charge in [-0.2, -0.15) is 23.0 Å². The lowest BCUT2D eigenvalue weighted by atomic mass is 9.85. The van der Waals surface area contributed by atoms with Crippen LogP contribution in [0.2, 0.25) is 0 Å². The van der Waals surface area contributed by atoms with Crippen LogP contribution in [0.1, 0.15) is 31.7 Å². The van der Waals surface area contributed by atoms with E-state index in [2.05, 4.69) is 15.4 Å². The van der Waals surface area contributed by atoms with Crippen molar-refractivity contribution in [3.8, 4) is 5.82 Å². The van der Waals surface area contributed by atoms with Crippen LogP contribution in [0.4, 0.5) is 18.9 Å². The van der Waals surface area contributed by atoms with Crippen molar-refractivity contribution < 1.29 is 26.4 Å². The summed E-state index contributed by atoms with van der Waals surface area (Å²) >= 11 is 0. The van der Waals surface area contributed by atoms with Crippen LogP contribution < -0.4 is 10.9 Å². The van der Waals surface area contributed by atoms with Crippen LogP contribution in [0.15, 0.2) is 46.3 Å². The summed E-state index contributed by atoms with van der Waals surface area (Å²) < 4.78 is 65.5. The van der Waals surface area contributed by atoms with Crippen LogP contribution in [0.5, 0.6) is 0 Å². The van der Waals surface area contributed by atoms with E-state index in [4.69, 9.17) is 0 Å². The quantitative estimate of drug-likeness (QED) is 0.600. The maximum absolute atomic E-state index is 13.1. The summed E-state index contributed by atoms with van der Waals surface area (Å²) in [5.74, 6) is -1.09. The molecule has 1 aliphatic rings. The number of hydrogen-bond donors (Lipinski definition) is 1. The zero-order valence-electron chi connectivity index (χ0n) is 17.4. The number of rotatable bonds is 5. The molecule has 3 aromatic rings. The molecule has 1 aliphatic carbocycles. The van der Waals surface area contributed by atoms with Gasteiger partial charge in [0.25, 0.3) is 5.56 Å². The van der Waals surface area contributed by atoms with Gasteiger partial charge in [0, 0.05) is 11.3 Å². The van der Waals surface area contributed by atoms with Gasteiger partial charge in [0.1, 0.15) is 4.90 Å². The van der Waals surface area contributed by atoms with Gasteiger partial charge in [0.15, 0.2) is 15.7 Å². The van der Waals surface area contributed by atoms with Gasteiger partial charge in [-0.05, 0) is 31.0 Å². The lowest BCUT2D eigenvalue weighted by Crippen LogP contribution is -2.28. The third-order valence-electron chi connectivity index (χ3n) is 5.61. The lowest BCUT2D eigenvalue weighted by molar-refractivity contribution is -0.137. The number of pyridine rings is 1. The molecule has 1 amide bonds. The van der Waals surface area contributed by atoms with Crippen LogP contribution >= 0.6 is 0 Å². The highest BCUT2D eigenvalue weighted by atomic mass is 32.2. The Morgan fingerprint density at radius 3 is 2.55 bits per heavy atom. The normalized spacial score (nSPS) is 14.8. The zero-order valence-corrected chi connectivity index (χ0v) is 18.2. The van der Waals surface area contributed by atoms with Gasteiger partial charge in [-0.25, -0.2) is 13.4 Å². The summed E-state index contributed by atoms with van der Waals surface area (Å²) in [7, 11) is -3.94. The van der Waals surface area contributed by atoms with E-state index in [0.29, 0.717) is 10.7 Å². The average Bonchev–Trinajstić information content (AvgIpc) is 2.72. The number of alkyl halides is 3. The van der Waals surface area contributed by atoms with Crippen molar-refractivity contribution in [2.75, 3.05) is 11.1 Å². The molecule has 2 heterocycles. The molecule has 1 fully saturated rings. The first-order chi connectivity index (χ1) is 15.5. The molecule has 1 aromatic carbocycles. The van der Waals surface area contributed by atoms with Gasteiger partial charge in [-0.1, -0.05) is 19.4 Å². The van der Waals surface area contributed by atoms with Crippen LogP contribution in [-0.2, 0) is 20.8 Å². The van der Waals surface area contributed by atoms with Gasteiger partial charge >= 0.3 is 6.18 Å². The van der Waals surface area contributed by atoms with Gasteiger partial charge < -0.3 is 5.32 Å². The van der Waals surface area contributed by atoms with Crippen LogP contribution in [0.25, 0.3) is 16.6 Å². The standard InChI is InChI=1S/C21H19F3N4O4S/c1-2-33(31,32)17-9-15(27-19(29)12-4-3-5-12)11-25-18(17)28-20(30)16-8-14(21(22,23)24)7-6-13(16)10-26-28/h6-12H,2-5H2,1H3,(H,27,29). The van der Waals surface area contributed by atoms with E-state index >= 15 is 0 Å². The minimum Gasteiger partial charge on any atom is -0.324 e. The Morgan fingerprint density at radius 2 is 1.94 bits per heavy atom. The van der Waals surface area contributed by atoms with Crippen molar-refractivity contribution >= 4 is 32.2 Å². The first kappa shape index (κ1) is 22.9. The molecule has 0 radical (unpaired) electrons. The maximum atomic E-state index is 13.1. The molecule has 12 heteroatoms. The second kappa shape index (κ2) is 8.25. The number of carbonyl (C=O) groups excluding carboxylic acids is 1. The Balaban J connectivity index is 1.86. The Kier molecular flexibility index (Phi) is 5.72. The van der Waals surface area contributed by atoms with Crippen molar-refractivity contribution in [1.29, 1.82) is 0 Å². The lowest BCUT2D eigenvalue weighted by Gasteiger charge is -2.24. The highest BCUT2D eigenvalue weighted by Gasteiger charge is 2.31. The molecule has 0 bridgehead atoms. The second-order valence-corrected chi connectivity index (χ2v) is 9.97. The molecule has 0 spiro atoms. The molecule has 8 nitrogen and oxygen atoms in total. The zero-order chi connectivity index (χ0) is 24.0. The molecule has 0 unspecified atom stereocenters. The van der Waals surface area contributed by atoms with E-state index in [1.807, 2.05) is 0 Å². The van der Waals surface area contributed by atoms with Gasteiger partial charge in [-0.15, -0.1) is 0 Å². The molecule has 0 saturated heterocycles. The predicted octanol–water partition coefficient (Wildman–Crippen LogP) is 3.33. The SMILES string of the molecule is CCS(=O)(=O)c1cc(NC(=O)C2CCC2)cnc1-n1ncc2ccc(C(F)(F)F)cc2c1=O. The molecule has 0 aliphatic heterocycles. The molecule has 2 aromatic heterocycles. The number of sulfone groups is 1. The number of halogens is 3. The summed E-state index contributed by atoms with van der Waals surface area (Å²) in [6.45, 7) is 1.39. The summed E-state index contributed by atoms with van der Waals surface area (Å²) in [5.41, 5.74) is -1.84. The Bertz CT molecular complexity index is 1410. The van der Waals surface area contributed by atoms with Crippen molar-refractivity contribution in [3.05, 3.63) is 52.6 Å². The number of amides is 1. The minimum absolute atomic E-state index is 0.135. The second-order valence-electron chi connectivity index (χ2n) is 7.73. The molecular weight excluding hydrogens is 461 g/mol. The van der Waals surface area contributed by atoms with Crippen LogP contribution in [0, 0.1) is 5.92 Å². The summed E-state index contributed by atoms with van der Waals surface area (Å²) in [6.07, 6.45) is 0.112. The number of nitrogens with zero attached hydrogens (tertiary/aromatic N) is 3. The largest absolute Gasteiger partial charge is 0.416 e. The van der Waals surface area contributed by atoms with Crippen molar-refractivity contribution in [2.45, 2.75) is 37.3 Å². The van der Waals surface area contributed by atoms with Crippen LogP contribution in [0.3, 0.4) is 0 Å². The van der Waals surface area contributed by atoms with Gasteiger partial charge in [-0.3, -0.25) is 9.59 Å². The smallest absolute Gasteiger partial charge is 0.324 e. The van der Waals surface area contributed by atoms with E-state index in [-0.39, 0.29) is 44.8 Å². The molecule has 0 atom stereocenters. The topological polar surface area (TPSA) is 111 Å². The summed E-state index contributed by atoms with van der Waals surface area (Å²) in [6, 6.07) is 3.82. The molecule has 1 N–H and O–H groups in total. The number of fused-ring (bicyclic) bond motifs is 1. The van der Waals surface area contributed by atoms with E-state index in [1.165, 1.54) is 19.2 Å². The van der Waals surface area contributed by atoms with Crippen molar-refractivity contribution in [2.24, 2.45) is 5.92 Å². The summed E-state index contributed by atoms with van der Waals surface area (Å²) in [4.78, 5) is 28.9. The molecule has 1 saturated carbocycles. The Morgan fingerprint density at radius 1 is 1.21 bits per heavy atom. The number of nitrogens with one attached hydrogen (secondary N) is 1. The number of anilines is 1. The Hall–Kier alpha value is -3.28. The molecule has 33 heavy (non-hydrogen) atoms. The first-order valence-corrected chi connectivity index (χ1v) is 11.8. The van der Waals surface area contributed by atoms with E-state index in [9.17, 15) is 31.2 Å². The Labute approximate surface area is 186 Å². The van der Waals surface area contributed by atoms with E-state index in [1.54, 1.807) is 0 Å². The van der Waals surface area contributed by atoms with Crippen molar-refractivity contribution in [1.82, 2.24) is 14.8 Å². The predicted molar refractivity (Wildman–Crippen MR) is 114 cm³/mol. The third kappa shape index (κ3) is 4.34. The highest BCUT2D eigenvalue weighted by molar-refractivity contribution is 7.91. The number of aromatic nitrogens is 3. The summed E-state index contributed by atoms with van der Waals surface area (Å²) in [5, 5.41) is 6.43. The number of carbonyl (C=O) groups is 1. The van der Waals surface area contributed by atoms with E-state index in [0.717, 1.165) is 37.6 Å². The fourth-order valence-corrected chi connectivity index (χ4v) is 4.47. The third-order valence-corrected chi connectivity index (χ3v) is 7.34. The molecule has 174 valence electrons. The number of benzene rings is 1. The maximum Gasteiger partial charge on any atom is 0.416 e. The van der Waals surface area contributed by atoms with Gasteiger partial charge in [0.2, 0.25) is 5.91 Å². The molecule has 4 rings (SSSR count). The minimum atomic E-state index is -4.66. The number of hydrogen-bond acceptors (Lipinski definition) is 6. The monoisotopic (exact) mass is 480 g/mol.